The number of hydrogen-bond donors (Lipinski definition) is 2. The van der Waals surface area contributed by atoms with E-state index in [1.165, 1.54) is 10.6 Å². The SMILES string of the molecule is NC1(N)C=Cc2c(c3c(c4ccccccccc24)=CCCC=3)O1. The lowest BCUT2D eigenvalue weighted by molar-refractivity contribution is 0.131. The minimum absolute atomic E-state index is 0.779. The van der Waals surface area contributed by atoms with Gasteiger partial charge in [-0.2, -0.15) is 0 Å². The normalized spacial score (nSPS) is 16.8. The molecule has 24 heavy (non-hydrogen) atoms. The Hall–Kier alpha value is -2.62. The monoisotopic (exact) mass is 316 g/mol. The van der Waals surface area contributed by atoms with E-state index in [1.54, 1.807) is 6.08 Å². The van der Waals surface area contributed by atoms with Crippen molar-refractivity contribution in [2.24, 2.45) is 11.5 Å². The number of fused-ring (bicyclic) bond motifs is 6. The summed E-state index contributed by atoms with van der Waals surface area (Å²) in [6.45, 7) is 0. The van der Waals surface area contributed by atoms with Crippen molar-refractivity contribution in [3.8, 4) is 5.75 Å². The smallest absolute Gasteiger partial charge is 0.233 e. The highest BCUT2D eigenvalue weighted by molar-refractivity contribution is 5.94. The van der Waals surface area contributed by atoms with Crippen molar-refractivity contribution in [2.45, 2.75) is 18.7 Å². The van der Waals surface area contributed by atoms with Crippen LogP contribution in [0.15, 0.2) is 54.6 Å². The molecule has 1 heterocycles. The highest BCUT2D eigenvalue weighted by Crippen LogP contribution is 2.29. The Morgan fingerprint density at radius 3 is 2.17 bits per heavy atom. The van der Waals surface area contributed by atoms with Crippen LogP contribution >= 0.6 is 0 Å². The second-order valence-electron chi connectivity index (χ2n) is 6.16. The molecule has 0 amide bonds. The first-order valence-corrected chi connectivity index (χ1v) is 8.20. The van der Waals surface area contributed by atoms with E-state index in [-0.39, 0.29) is 0 Å². The van der Waals surface area contributed by atoms with Gasteiger partial charge in [0.1, 0.15) is 5.75 Å². The molecule has 0 saturated heterocycles. The highest BCUT2D eigenvalue weighted by atomic mass is 16.5. The van der Waals surface area contributed by atoms with Crippen LogP contribution in [0.5, 0.6) is 5.75 Å². The van der Waals surface area contributed by atoms with E-state index in [0.717, 1.165) is 34.8 Å². The van der Waals surface area contributed by atoms with Crippen LogP contribution in [-0.2, 0) is 0 Å². The van der Waals surface area contributed by atoms with Crippen molar-refractivity contribution in [1.82, 2.24) is 0 Å². The summed E-state index contributed by atoms with van der Waals surface area (Å²) in [6.07, 6.45) is 10.2. The minimum atomic E-state index is -1.27. The van der Waals surface area contributed by atoms with Gasteiger partial charge < -0.3 is 4.74 Å². The van der Waals surface area contributed by atoms with Gasteiger partial charge >= 0.3 is 0 Å². The summed E-state index contributed by atoms with van der Waals surface area (Å²) >= 11 is 0. The predicted octanol–water partition coefficient (Wildman–Crippen LogP) is 2.30. The van der Waals surface area contributed by atoms with E-state index in [4.69, 9.17) is 16.2 Å². The van der Waals surface area contributed by atoms with Crippen LogP contribution in [0.3, 0.4) is 0 Å². The lowest BCUT2D eigenvalue weighted by Crippen LogP contribution is -2.55. The zero-order valence-electron chi connectivity index (χ0n) is 13.4. The molecule has 0 unspecified atom stereocenters. The van der Waals surface area contributed by atoms with E-state index in [9.17, 15) is 0 Å². The molecular formula is C21H20N2O. The number of rotatable bonds is 0. The summed E-state index contributed by atoms with van der Waals surface area (Å²) in [7, 11) is 0. The van der Waals surface area contributed by atoms with E-state index in [2.05, 4.69) is 30.4 Å². The molecule has 4 N–H and O–H groups in total. The molecule has 0 saturated carbocycles. The fourth-order valence-corrected chi connectivity index (χ4v) is 3.32. The summed E-state index contributed by atoms with van der Waals surface area (Å²) in [5.74, 6) is -0.486. The van der Waals surface area contributed by atoms with E-state index < -0.39 is 5.85 Å². The molecule has 0 fully saturated rings. The summed E-state index contributed by atoms with van der Waals surface area (Å²) in [5, 5.41) is 4.61. The van der Waals surface area contributed by atoms with Gasteiger partial charge in [0.25, 0.3) is 0 Å². The maximum atomic E-state index is 6.00. The third-order valence-electron chi connectivity index (χ3n) is 4.38. The first-order chi connectivity index (χ1) is 11.7. The standard InChI is InChI=1S/C21H20N2O/c22-21(23)14-13-19-17-10-6-4-2-1-3-5-9-15(17)16-11-7-8-12-18(16)20(19)24-21/h1-6,9-14H,7-8,22-23H2. The third-order valence-corrected chi connectivity index (χ3v) is 4.38. The average Bonchev–Trinajstić information content (AvgIpc) is 2.58. The second kappa shape index (κ2) is 5.78. The zero-order chi connectivity index (χ0) is 16.6. The van der Waals surface area contributed by atoms with Crippen LogP contribution in [0.1, 0.15) is 18.4 Å². The van der Waals surface area contributed by atoms with Crippen molar-refractivity contribution < 1.29 is 4.74 Å². The Morgan fingerprint density at radius 1 is 0.792 bits per heavy atom. The molecule has 2 aromatic rings. The van der Waals surface area contributed by atoms with Crippen LogP contribution in [0, 0.1) is 0 Å². The highest BCUT2D eigenvalue weighted by Gasteiger charge is 2.25. The molecule has 3 heteroatoms. The Kier molecular flexibility index (Phi) is 3.60. The molecule has 2 aromatic carbocycles. The molecule has 0 spiro atoms. The molecule has 1 aliphatic carbocycles. The molecule has 120 valence electrons. The summed E-state index contributed by atoms with van der Waals surface area (Å²) in [6, 6.07) is 16.5. The second-order valence-corrected chi connectivity index (χ2v) is 6.16. The minimum Gasteiger partial charge on any atom is -0.455 e. The number of nitrogens with two attached hydrogens (primary N) is 2. The fourth-order valence-electron chi connectivity index (χ4n) is 3.32. The Bertz CT molecular complexity index is 1020. The first-order valence-electron chi connectivity index (χ1n) is 8.20. The van der Waals surface area contributed by atoms with Crippen LogP contribution < -0.4 is 26.6 Å². The van der Waals surface area contributed by atoms with Gasteiger partial charge in [-0.05, 0) is 41.0 Å². The quantitative estimate of drug-likeness (QED) is 0.733. The third kappa shape index (κ3) is 2.58. The average molecular weight is 316 g/mol. The van der Waals surface area contributed by atoms with Gasteiger partial charge in [0.05, 0.1) is 0 Å². The van der Waals surface area contributed by atoms with Gasteiger partial charge in [-0.25, -0.2) is 0 Å². The van der Waals surface area contributed by atoms with Crippen LogP contribution in [0.2, 0.25) is 0 Å². The van der Waals surface area contributed by atoms with E-state index >= 15 is 0 Å². The molecule has 0 aromatic heterocycles. The van der Waals surface area contributed by atoms with Crippen LogP contribution in [-0.4, -0.2) is 5.85 Å². The maximum Gasteiger partial charge on any atom is 0.233 e. The maximum absolute atomic E-state index is 6.00. The van der Waals surface area contributed by atoms with Crippen molar-refractivity contribution >= 4 is 29.0 Å². The van der Waals surface area contributed by atoms with Gasteiger partial charge in [-0.1, -0.05) is 60.7 Å². The number of hydrogen-bond acceptors (Lipinski definition) is 3. The summed E-state index contributed by atoms with van der Waals surface area (Å²) < 4.78 is 5.94. The Labute approximate surface area is 140 Å². The van der Waals surface area contributed by atoms with Gasteiger partial charge in [-0.3, -0.25) is 11.5 Å². The lowest BCUT2D eigenvalue weighted by atomic mass is 9.95. The fraction of sp³-hybridized carbons (Fsp3) is 0.143. The van der Waals surface area contributed by atoms with Crippen molar-refractivity contribution in [3.63, 3.8) is 0 Å². The van der Waals surface area contributed by atoms with Crippen molar-refractivity contribution in [2.75, 3.05) is 0 Å². The largest absolute Gasteiger partial charge is 0.455 e. The topological polar surface area (TPSA) is 61.3 Å². The molecule has 0 radical (unpaired) electrons. The van der Waals surface area contributed by atoms with Crippen molar-refractivity contribution in [1.29, 1.82) is 0 Å². The summed E-state index contributed by atoms with van der Waals surface area (Å²) in [4.78, 5) is 0. The Morgan fingerprint density at radius 2 is 1.42 bits per heavy atom. The van der Waals surface area contributed by atoms with Crippen molar-refractivity contribution in [3.05, 3.63) is 70.6 Å². The Balaban J connectivity index is 2.24. The number of ether oxygens (including phenoxy) is 1. The molecular weight excluding hydrogens is 296 g/mol. The van der Waals surface area contributed by atoms with E-state index in [0.29, 0.717) is 0 Å². The predicted molar refractivity (Wildman–Crippen MR) is 99.8 cm³/mol. The van der Waals surface area contributed by atoms with Gasteiger partial charge in [0, 0.05) is 10.8 Å². The zero-order valence-corrected chi connectivity index (χ0v) is 13.4. The lowest BCUT2D eigenvalue weighted by Gasteiger charge is -2.28. The molecule has 4 rings (SSSR count). The first kappa shape index (κ1) is 14.9. The molecule has 0 bridgehead atoms. The van der Waals surface area contributed by atoms with Crippen LogP contribution in [0.4, 0.5) is 0 Å². The molecule has 3 nitrogen and oxygen atoms in total. The molecule has 2 aliphatic rings. The summed E-state index contributed by atoms with van der Waals surface area (Å²) in [5.41, 5.74) is 13.0. The number of benzene rings is 1. The van der Waals surface area contributed by atoms with Gasteiger partial charge in [0.15, 0.2) is 0 Å². The van der Waals surface area contributed by atoms with Crippen LogP contribution in [0.25, 0.3) is 29.0 Å². The van der Waals surface area contributed by atoms with Gasteiger partial charge in [0.2, 0.25) is 5.85 Å². The molecule has 0 atom stereocenters. The van der Waals surface area contributed by atoms with E-state index in [1.807, 2.05) is 36.4 Å². The molecule has 1 aliphatic heterocycles. The van der Waals surface area contributed by atoms with Gasteiger partial charge in [-0.15, -0.1) is 0 Å².